The largest absolute Gasteiger partial charge is 0.507 e. The smallest absolute Gasteiger partial charge is 0.407 e. The average Bonchev–Trinajstić information content (AvgIpc) is 3.25. The summed E-state index contributed by atoms with van der Waals surface area (Å²) >= 11 is 0. The zero-order chi connectivity index (χ0) is 24.6. The minimum absolute atomic E-state index is 0.0881. The molecule has 33 heavy (non-hydrogen) atoms. The van der Waals surface area contributed by atoms with Gasteiger partial charge in [0.05, 0.1) is 6.04 Å². The molecule has 0 aromatic carbocycles. The number of aliphatic hydroxyl groups excluding tert-OH is 1. The number of carbonyl (C=O) groups excluding carboxylic acids is 3. The van der Waals surface area contributed by atoms with Gasteiger partial charge in [-0.05, 0) is 64.4 Å². The van der Waals surface area contributed by atoms with Gasteiger partial charge in [-0.2, -0.15) is 0 Å². The number of rotatable bonds is 7. The Bertz CT molecular complexity index is 902. The first-order valence-electron chi connectivity index (χ1n) is 11.1. The minimum atomic E-state index is -1.16. The van der Waals surface area contributed by atoms with Gasteiger partial charge in [0.15, 0.2) is 5.78 Å². The number of nitrogens with one attached hydrogen (secondary N) is 2. The molecule has 0 aromatic heterocycles. The molecule has 1 saturated carbocycles. The molecular formula is C24H32N2O7. The summed E-state index contributed by atoms with van der Waals surface area (Å²) in [6.07, 6.45) is 6.53. The molecule has 2 aliphatic rings. The number of allylic oxidation sites excluding steroid dienone is 2. The van der Waals surface area contributed by atoms with Gasteiger partial charge in [0, 0.05) is 18.9 Å². The summed E-state index contributed by atoms with van der Waals surface area (Å²) in [6.45, 7) is 5.56. The number of hydrogen-bond donors (Lipinski definition) is 4. The van der Waals surface area contributed by atoms with Gasteiger partial charge >= 0.3 is 12.1 Å². The molecule has 2 rings (SSSR count). The second-order valence-corrected chi connectivity index (χ2v) is 9.25. The van der Waals surface area contributed by atoms with Gasteiger partial charge < -0.3 is 25.6 Å². The van der Waals surface area contributed by atoms with Crippen molar-refractivity contribution in [3.8, 4) is 11.8 Å². The lowest BCUT2D eigenvalue weighted by Crippen LogP contribution is -2.34. The third-order valence-electron chi connectivity index (χ3n) is 5.47. The van der Waals surface area contributed by atoms with E-state index in [1.807, 2.05) is 0 Å². The van der Waals surface area contributed by atoms with Crippen LogP contribution in [0.25, 0.3) is 0 Å². The van der Waals surface area contributed by atoms with Crippen LogP contribution in [0, 0.1) is 23.7 Å². The summed E-state index contributed by atoms with van der Waals surface area (Å²) in [7, 11) is 0. The van der Waals surface area contributed by atoms with Crippen molar-refractivity contribution < 1.29 is 34.1 Å². The van der Waals surface area contributed by atoms with Crippen LogP contribution in [-0.2, 0) is 19.1 Å². The Morgan fingerprint density at radius 3 is 2.64 bits per heavy atom. The Morgan fingerprint density at radius 1 is 1.24 bits per heavy atom. The van der Waals surface area contributed by atoms with Crippen LogP contribution in [0.15, 0.2) is 23.5 Å². The fraction of sp³-hybridized carbons (Fsp3) is 0.583. The lowest BCUT2D eigenvalue weighted by Gasteiger charge is -2.19. The molecule has 3 atom stereocenters. The Morgan fingerprint density at radius 2 is 1.97 bits per heavy atom. The van der Waals surface area contributed by atoms with Crippen LogP contribution in [0.5, 0.6) is 0 Å². The third kappa shape index (κ3) is 8.29. The third-order valence-corrected chi connectivity index (χ3v) is 5.47. The second-order valence-electron chi connectivity index (χ2n) is 9.25. The zero-order valence-corrected chi connectivity index (χ0v) is 19.3. The van der Waals surface area contributed by atoms with E-state index in [9.17, 15) is 24.3 Å². The van der Waals surface area contributed by atoms with E-state index in [4.69, 9.17) is 9.84 Å². The van der Waals surface area contributed by atoms with E-state index in [0.717, 1.165) is 19.3 Å². The Balaban J connectivity index is 1.90. The first-order chi connectivity index (χ1) is 15.5. The molecule has 1 aliphatic carbocycles. The molecule has 3 unspecified atom stereocenters. The number of carbonyl (C=O) groups is 4. The van der Waals surface area contributed by atoms with Crippen LogP contribution in [0.2, 0.25) is 0 Å². The average molecular weight is 461 g/mol. The van der Waals surface area contributed by atoms with Crippen molar-refractivity contribution in [3.63, 3.8) is 0 Å². The topological polar surface area (TPSA) is 142 Å². The van der Waals surface area contributed by atoms with Gasteiger partial charge in [-0.3, -0.25) is 9.59 Å². The highest BCUT2D eigenvalue weighted by atomic mass is 16.6. The molecular weight excluding hydrogens is 428 g/mol. The fourth-order valence-corrected chi connectivity index (χ4v) is 3.97. The standard InChI is InChI=1S/C24H32N2O7/c1-24(2,3)33-23(32)25-14-6-10-17-21(30)20(22(31)26-17)18(27)13-12-16-8-4-7-15(16)9-5-11-19(28)29/h12-13,15-17,27H,4,6-10,14H2,1-3H3,(H,25,32)(H,26,31)(H,28,29). The van der Waals surface area contributed by atoms with Crippen molar-refractivity contribution in [1.82, 2.24) is 10.6 Å². The molecule has 2 amide bonds. The lowest BCUT2D eigenvalue weighted by molar-refractivity contribution is -0.130. The number of aliphatic hydroxyl groups is 1. The first kappa shape index (κ1) is 26.0. The highest BCUT2D eigenvalue weighted by molar-refractivity contribution is 6.27. The first-order valence-corrected chi connectivity index (χ1v) is 11.1. The second kappa shape index (κ2) is 11.5. The Hall–Kier alpha value is -3.28. The van der Waals surface area contributed by atoms with E-state index >= 15 is 0 Å². The number of Topliss-reactive ketones (excluding diaryl/α,β-unsaturated/α-hetero) is 1. The maximum Gasteiger partial charge on any atom is 0.407 e. The van der Waals surface area contributed by atoms with E-state index in [1.165, 1.54) is 6.08 Å². The van der Waals surface area contributed by atoms with Crippen molar-refractivity contribution in [2.75, 3.05) is 6.54 Å². The van der Waals surface area contributed by atoms with E-state index in [2.05, 4.69) is 22.5 Å². The highest BCUT2D eigenvalue weighted by Gasteiger charge is 2.37. The van der Waals surface area contributed by atoms with Crippen LogP contribution < -0.4 is 10.6 Å². The van der Waals surface area contributed by atoms with E-state index in [1.54, 1.807) is 26.8 Å². The van der Waals surface area contributed by atoms with Gasteiger partial charge in [-0.15, -0.1) is 0 Å². The van der Waals surface area contributed by atoms with Gasteiger partial charge in [0.25, 0.3) is 5.91 Å². The monoisotopic (exact) mass is 460 g/mol. The van der Waals surface area contributed by atoms with Gasteiger partial charge in [-0.1, -0.05) is 18.4 Å². The molecule has 1 heterocycles. The van der Waals surface area contributed by atoms with Crippen molar-refractivity contribution in [1.29, 1.82) is 0 Å². The predicted octanol–water partition coefficient (Wildman–Crippen LogP) is 2.62. The molecule has 0 spiro atoms. The molecule has 4 N–H and O–H groups in total. The number of hydrogen-bond acceptors (Lipinski definition) is 6. The Labute approximate surface area is 193 Å². The molecule has 180 valence electrons. The molecule has 9 nitrogen and oxygen atoms in total. The van der Waals surface area contributed by atoms with Crippen LogP contribution >= 0.6 is 0 Å². The van der Waals surface area contributed by atoms with Gasteiger partial charge in [0.2, 0.25) is 0 Å². The summed E-state index contributed by atoms with van der Waals surface area (Å²) in [5.74, 6) is 2.38. The van der Waals surface area contributed by atoms with E-state index < -0.39 is 35.4 Å². The maximum absolute atomic E-state index is 12.6. The van der Waals surface area contributed by atoms with Crippen LogP contribution in [0.3, 0.4) is 0 Å². The molecule has 0 bridgehead atoms. The minimum Gasteiger partial charge on any atom is -0.507 e. The normalized spacial score (nSPS) is 24.3. The molecule has 2 fully saturated rings. The van der Waals surface area contributed by atoms with Crippen molar-refractivity contribution >= 4 is 23.8 Å². The lowest BCUT2D eigenvalue weighted by atomic mass is 9.92. The van der Waals surface area contributed by atoms with Gasteiger partial charge in [-0.25, -0.2) is 9.59 Å². The quantitative estimate of drug-likeness (QED) is 0.150. The van der Waals surface area contributed by atoms with Crippen molar-refractivity contribution in [2.24, 2.45) is 11.8 Å². The zero-order valence-electron chi connectivity index (χ0n) is 19.3. The number of ketones is 1. The SMILES string of the molecule is CC(C)(C)OC(=O)NCCCC1NC(=O)C(=C(O)C=CC2CCCC2CC#CC(=O)O)C1=O. The number of ether oxygens (including phenoxy) is 1. The number of amides is 2. The van der Waals surface area contributed by atoms with Crippen molar-refractivity contribution in [3.05, 3.63) is 23.5 Å². The number of carboxylic acid groups (broad SMARTS) is 1. The summed E-state index contributed by atoms with van der Waals surface area (Å²) in [4.78, 5) is 47.1. The highest BCUT2D eigenvalue weighted by Crippen LogP contribution is 2.35. The van der Waals surface area contributed by atoms with Gasteiger partial charge in [0.1, 0.15) is 16.9 Å². The summed E-state index contributed by atoms with van der Waals surface area (Å²) < 4.78 is 5.14. The van der Waals surface area contributed by atoms with Crippen LogP contribution in [0.4, 0.5) is 4.79 Å². The van der Waals surface area contributed by atoms with Crippen LogP contribution in [-0.4, -0.2) is 52.2 Å². The fourth-order valence-electron chi connectivity index (χ4n) is 3.97. The molecule has 9 heteroatoms. The summed E-state index contributed by atoms with van der Waals surface area (Å²) in [6, 6.07) is -0.756. The molecule has 1 aliphatic heterocycles. The number of aliphatic carboxylic acids is 1. The van der Waals surface area contributed by atoms with E-state index in [-0.39, 0.29) is 29.7 Å². The van der Waals surface area contributed by atoms with E-state index in [0.29, 0.717) is 19.3 Å². The number of alkyl carbamates (subject to hydrolysis) is 1. The molecule has 0 aromatic rings. The Kier molecular flexibility index (Phi) is 9.09. The number of carboxylic acids is 1. The maximum atomic E-state index is 12.6. The summed E-state index contributed by atoms with van der Waals surface area (Å²) in [5.41, 5.74) is -0.870. The van der Waals surface area contributed by atoms with Crippen LogP contribution in [0.1, 0.15) is 59.3 Å². The molecule has 1 saturated heterocycles. The van der Waals surface area contributed by atoms with Crippen molar-refractivity contribution in [2.45, 2.75) is 70.9 Å². The predicted molar refractivity (Wildman–Crippen MR) is 120 cm³/mol. The molecule has 0 radical (unpaired) electrons. The summed E-state index contributed by atoms with van der Waals surface area (Å²) in [5, 5.41) is 24.2.